The minimum absolute atomic E-state index is 0.0624. The van der Waals surface area contributed by atoms with Crippen molar-refractivity contribution in [1.29, 1.82) is 0 Å². The number of rotatable bonds is 4. The predicted molar refractivity (Wildman–Crippen MR) is 79.0 cm³/mol. The molecule has 0 saturated carbocycles. The Morgan fingerprint density at radius 3 is 2.86 bits per heavy atom. The highest BCUT2D eigenvalue weighted by molar-refractivity contribution is 7.92. The second kappa shape index (κ2) is 5.77. The van der Waals surface area contributed by atoms with Crippen LogP contribution in [0.2, 0.25) is 0 Å². The van der Waals surface area contributed by atoms with Crippen molar-refractivity contribution in [3.8, 4) is 5.75 Å². The van der Waals surface area contributed by atoms with Crippen LogP contribution < -0.4 is 9.04 Å². The number of sulfonamides is 1. The number of carboxylic acids is 1. The summed E-state index contributed by atoms with van der Waals surface area (Å²) in [5.41, 5.74) is 0.450. The Kier molecular flexibility index (Phi) is 3.96. The molecule has 3 rings (SSSR count). The van der Waals surface area contributed by atoms with E-state index in [0.29, 0.717) is 12.3 Å². The van der Waals surface area contributed by atoms with Gasteiger partial charge < -0.3 is 14.6 Å². The van der Waals surface area contributed by atoms with E-state index in [1.165, 1.54) is 22.5 Å². The number of hydrogen-bond donors (Lipinski definition) is 1. The zero-order chi connectivity index (χ0) is 15.7. The van der Waals surface area contributed by atoms with E-state index in [0.717, 1.165) is 12.8 Å². The van der Waals surface area contributed by atoms with Crippen LogP contribution in [-0.4, -0.2) is 51.1 Å². The third-order valence-corrected chi connectivity index (χ3v) is 5.63. The molecule has 2 aliphatic heterocycles. The number of aromatic carboxylic acids is 1. The van der Waals surface area contributed by atoms with Crippen molar-refractivity contribution in [1.82, 2.24) is 0 Å². The van der Waals surface area contributed by atoms with Crippen LogP contribution in [0.4, 0.5) is 5.69 Å². The minimum Gasteiger partial charge on any atom is -0.489 e. The number of carbonyl (C=O) groups is 1. The molecule has 1 N–H and O–H groups in total. The van der Waals surface area contributed by atoms with Gasteiger partial charge in [-0.15, -0.1) is 0 Å². The van der Waals surface area contributed by atoms with Gasteiger partial charge in [-0.25, -0.2) is 13.2 Å². The molecule has 0 radical (unpaired) electrons. The van der Waals surface area contributed by atoms with Crippen molar-refractivity contribution in [2.24, 2.45) is 0 Å². The number of fused-ring (bicyclic) bond motifs is 1. The average molecular weight is 327 g/mol. The SMILES string of the molecule is O=C(O)c1ccc2c(c1)OCCN2S(=O)(=O)CC1CCCO1. The largest absolute Gasteiger partial charge is 0.489 e. The lowest BCUT2D eigenvalue weighted by molar-refractivity contribution is 0.0696. The maximum atomic E-state index is 12.6. The molecule has 0 amide bonds. The van der Waals surface area contributed by atoms with E-state index >= 15 is 0 Å². The predicted octanol–water partition coefficient (Wildman–Crippen LogP) is 1.09. The molecule has 1 fully saturated rings. The Morgan fingerprint density at radius 1 is 1.36 bits per heavy atom. The highest BCUT2D eigenvalue weighted by Crippen LogP contribution is 2.35. The molecular formula is C14H17NO6S. The highest BCUT2D eigenvalue weighted by Gasteiger charge is 2.32. The molecule has 1 aromatic rings. The molecule has 2 aliphatic rings. The van der Waals surface area contributed by atoms with Gasteiger partial charge in [-0.2, -0.15) is 0 Å². The van der Waals surface area contributed by atoms with Crippen molar-refractivity contribution in [3.05, 3.63) is 23.8 Å². The molecular weight excluding hydrogens is 310 g/mol. The highest BCUT2D eigenvalue weighted by atomic mass is 32.2. The lowest BCUT2D eigenvalue weighted by atomic mass is 10.2. The van der Waals surface area contributed by atoms with Crippen molar-refractivity contribution in [2.45, 2.75) is 18.9 Å². The fourth-order valence-electron chi connectivity index (χ4n) is 2.72. The Balaban J connectivity index is 1.88. The average Bonchev–Trinajstić information content (AvgIpc) is 2.98. The van der Waals surface area contributed by atoms with Gasteiger partial charge in [0, 0.05) is 6.61 Å². The smallest absolute Gasteiger partial charge is 0.335 e. The Hall–Kier alpha value is -1.80. The lowest BCUT2D eigenvalue weighted by Crippen LogP contribution is -2.41. The van der Waals surface area contributed by atoms with Gasteiger partial charge in [-0.3, -0.25) is 4.31 Å². The monoisotopic (exact) mass is 327 g/mol. The molecule has 1 atom stereocenters. The molecule has 0 aromatic heterocycles. The summed E-state index contributed by atoms with van der Waals surface area (Å²) in [4.78, 5) is 11.0. The van der Waals surface area contributed by atoms with Crippen molar-refractivity contribution in [2.75, 3.05) is 29.8 Å². The zero-order valence-electron chi connectivity index (χ0n) is 11.9. The third kappa shape index (κ3) is 2.89. The maximum Gasteiger partial charge on any atom is 0.335 e. The molecule has 1 saturated heterocycles. The van der Waals surface area contributed by atoms with Crippen molar-refractivity contribution >= 4 is 21.7 Å². The van der Waals surface area contributed by atoms with Gasteiger partial charge in [0.15, 0.2) is 0 Å². The van der Waals surface area contributed by atoms with Crippen LogP contribution in [0, 0.1) is 0 Å². The molecule has 7 nitrogen and oxygen atoms in total. The van der Waals surface area contributed by atoms with Crippen LogP contribution >= 0.6 is 0 Å². The lowest BCUT2D eigenvalue weighted by Gasteiger charge is -2.31. The van der Waals surface area contributed by atoms with Crippen molar-refractivity contribution in [3.63, 3.8) is 0 Å². The summed E-state index contributed by atoms with van der Waals surface area (Å²) < 4.78 is 37.3. The van der Waals surface area contributed by atoms with Gasteiger partial charge in [0.05, 0.1) is 29.7 Å². The number of hydrogen-bond acceptors (Lipinski definition) is 5. The van der Waals surface area contributed by atoms with Gasteiger partial charge >= 0.3 is 5.97 Å². The summed E-state index contributed by atoms with van der Waals surface area (Å²) in [5, 5.41) is 9.00. The first kappa shape index (κ1) is 15.1. The number of ether oxygens (including phenoxy) is 2. The number of nitrogens with zero attached hydrogens (tertiary/aromatic N) is 1. The van der Waals surface area contributed by atoms with Crippen LogP contribution in [0.3, 0.4) is 0 Å². The van der Waals surface area contributed by atoms with E-state index in [4.69, 9.17) is 14.6 Å². The van der Waals surface area contributed by atoms with Gasteiger partial charge in [-0.05, 0) is 31.0 Å². The van der Waals surface area contributed by atoms with E-state index in [9.17, 15) is 13.2 Å². The molecule has 0 spiro atoms. The minimum atomic E-state index is -3.53. The summed E-state index contributed by atoms with van der Waals surface area (Å²) in [6.45, 7) is 1.01. The van der Waals surface area contributed by atoms with Gasteiger partial charge in [-0.1, -0.05) is 0 Å². The zero-order valence-corrected chi connectivity index (χ0v) is 12.7. The molecule has 0 aliphatic carbocycles. The van der Waals surface area contributed by atoms with E-state index in [2.05, 4.69) is 0 Å². The summed E-state index contributed by atoms with van der Waals surface area (Å²) in [6, 6.07) is 4.21. The number of carboxylic acid groups (broad SMARTS) is 1. The van der Waals surface area contributed by atoms with E-state index < -0.39 is 16.0 Å². The van der Waals surface area contributed by atoms with Crippen LogP contribution in [0.15, 0.2) is 18.2 Å². The normalized spacial score (nSPS) is 21.3. The number of anilines is 1. The topological polar surface area (TPSA) is 93.1 Å². The first-order valence-electron chi connectivity index (χ1n) is 7.09. The Labute approximate surface area is 128 Å². The third-order valence-electron chi connectivity index (χ3n) is 3.78. The Morgan fingerprint density at radius 2 is 2.18 bits per heavy atom. The van der Waals surface area contributed by atoms with E-state index in [-0.39, 0.29) is 36.3 Å². The molecule has 8 heteroatoms. The molecule has 1 unspecified atom stereocenters. The molecule has 1 aromatic carbocycles. The first-order chi connectivity index (χ1) is 10.5. The van der Waals surface area contributed by atoms with E-state index in [1.54, 1.807) is 0 Å². The van der Waals surface area contributed by atoms with Crippen LogP contribution in [0.1, 0.15) is 23.2 Å². The molecule has 120 valence electrons. The second-order valence-electron chi connectivity index (χ2n) is 5.32. The van der Waals surface area contributed by atoms with Crippen molar-refractivity contribution < 1.29 is 27.8 Å². The fraction of sp³-hybridized carbons (Fsp3) is 0.500. The number of benzene rings is 1. The summed E-state index contributed by atoms with van der Waals surface area (Å²) in [5.74, 6) is -0.861. The second-order valence-corrected chi connectivity index (χ2v) is 7.26. The fourth-order valence-corrected chi connectivity index (χ4v) is 4.43. The molecule has 2 heterocycles. The summed E-state index contributed by atoms with van der Waals surface area (Å²) in [6.07, 6.45) is 1.35. The maximum absolute atomic E-state index is 12.6. The van der Waals surface area contributed by atoms with Crippen LogP contribution in [0.25, 0.3) is 0 Å². The standard InChI is InChI=1S/C14H17NO6S/c16-14(17)10-3-4-12-13(8-10)21-7-5-15(12)22(18,19)9-11-2-1-6-20-11/h3-4,8,11H,1-2,5-7,9H2,(H,16,17). The molecule has 0 bridgehead atoms. The summed E-state index contributed by atoms with van der Waals surface area (Å²) in [7, 11) is -3.53. The Bertz CT molecular complexity index is 681. The van der Waals surface area contributed by atoms with Gasteiger partial charge in [0.25, 0.3) is 0 Å². The summed E-state index contributed by atoms with van der Waals surface area (Å²) >= 11 is 0. The van der Waals surface area contributed by atoms with Gasteiger partial charge in [0.2, 0.25) is 10.0 Å². The quantitative estimate of drug-likeness (QED) is 0.890. The van der Waals surface area contributed by atoms with Gasteiger partial charge in [0.1, 0.15) is 12.4 Å². The first-order valence-corrected chi connectivity index (χ1v) is 8.70. The molecule has 22 heavy (non-hydrogen) atoms. The van der Waals surface area contributed by atoms with E-state index in [1.807, 2.05) is 0 Å². The van der Waals surface area contributed by atoms with Crippen LogP contribution in [-0.2, 0) is 14.8 Å². The van der Waals surface area contributed by atoms with Crippen LogP contribution in [0.5, 0.6) is 5.75 Å².